The highest BCUT2D eigenvalue weighted by molar-refractivity contribution is 5.41. The average Bonchev–Trinajstić information content (AvgIpc) is 2.47. The second-order valence-corrected chi connectivity index (χ2v) is 5.20. The van der Waals surface area contributed by atoms with Gasteiger partial charge in [-0.2, -0.15) is 0 Å². The van der Waals surface area contributed by atoms with E-state index in [1.807, 2.05) is 51.2 Å². The fourth-order valence-electron chi connectivity index (χ4n) is 2.26. The highest BCUT2D eigenvalue weighted by Crippen LogP contribution is 2.25. The highest BCUT2D eigenvalue weighted by atomic mass is 16.5. The molecule has 0 bridgehead atoms. The third kappa shape index (κ3) is 3.52. The number of hydrogen-bond acceptors (Lipinski definition) is 4. The molecule has 1 atom stereocenters. The Kier molecular flexibility index (Phi) is 4.81. The van der Waals surface area contributed by atoms with Crippen molar-refractivity contribution in [2.45, 2.75) is 33.4 Å². The highest BCUT2D eigenvalue weighted by Gasteiger charge is 2.10. The smallest absolute Gasteiger partial charge is 0.131 e. The molecule has 1 aromatic carbocycles. The second kappa shape index (κ2) is 6.59. The zero-order valence-electron chi connectivity index (χ0n) is 13.0. The lowest BCUT2D eigenvalue weighted by Crippen LogP contribution is -2.06. The Hall–Kier alpha value is -2.07. The van der Waals surface area contributed by atoms with E-state index in [0.717, 1.165) is 33.9 Å². The third-order valence-corrected chi connectivity index (χ3v) is 3.51. The van der Waals surface area contributed by atoms with Gasteiger partial charge >= 0.3 is 0 Å². The lowest BCUT2D eigenvalue weighted by Gasteiger charge is -2.14. The van der Waals surface area contributed by atoms with Crippen molar-refractivity contribution in [3.63, 3.8) is 0 Å². The minimum absolute atomic E-state index is 0.00659. The predicted octanol–water partition coefficient (Wildman–Crippen LogP) is 3.31. The maximum absolute atomic E-state index is 5.88. The van der Waals surface area contributed by atoms with Crippen molar-refractivity contribution in [1.82, 2.24) is 4.98 Å². The van der Waals surface area contributed by atoms with Gasteiger partial charge in [-0.15, -0.1) is 0 Å². The number of aryl methyl sites for hydroxylation is 1. The third-order valence-electron chi connectivity index (χ3n) is 3.51. The summed E-state index contributed by atoms with van der Waals surface area (Å²) in [6.45, 7) is 6.34. The Morgan fingerprint density at radius 2 is 2.05 bits per heavy atom. The van der Waals surface area contributed by atoms with Gasteiger partial charge in [-0.25, -0.2) is 0 Å². The van der Waals surface area contributed by atoms with Crippen LogP contribution in [-0.4, -0.2) is 12.1 Å². The molecule has 0 saturated carbocycles. The van der Waals surface area contributed by atoms with Gasteiger partial charge in [0.2, 0.25) is 0 Å². The molecular weight excluding hydrogens is 264 g/mol. The quantitative estimate of drug-likeness (QED) is 0.916. The van der Waals surface area contributed by atoms with Gasteiger partial charge in [0.1, 0.15) is 18.1 Å². The average molecular weight is 286 g/mol. The van der Waals surface area contributed by atoms with Crippen LogP contribution >= 0.6 is 0 Å². The molecule has 2 rings (SSSR count). The molecule has 0 aliphatic heterocycles. The molecule has 0 aliphatic rings. The number of ether oxygens (including phenoxy) is 2. The standard InChI is InChI=1S/C17H22N2O2/c1-11-9-19-16(12(2)17(11)20-4)10-21-15-7-5-6-14(8-15)13(3)18/h5-9,13H,10,18H2,1-4H3/t13-/m0/s1. The predicted molar refractivity (Wildman–Crippen MR) is 83.6 cm³/mol. The van der Waals surface area contributed by atoms with E-state index in [9.17, 15) is 0 Å². The number of pyridine rings is 1. The molecule has 0 saturated heterocycles. The van der Waals surface area contributed by atoms with Crippen LogP contribution in [-0.2, 0) is 6.61 Å². The summed E-state index contributed by atoms with van der Waals surface area (Å²) in [5.41, 5.74) is 9.86. The fraction of sp³-hybridized carbons (Fsp3) is 0.353. The Balaban J connectivity index is 2.15. The van der Waals surface area contributed by atoms with Crippen LogP contribution in [0.1, 0.15) is 35.3 Å². The van der Waals surface area contributed by atoms with E-state index in [4.69, 9.17) is 15.2 Å². The first-order valence-corrected chi connectivity index (χ1v) is 7.00. The Bertz CT molecular complexity index is 624. The van der Waals surface area contributed by atoms with Crippen molar-refractivity contribution in [3.05, 3.63) is 52.8 Å². The molecule has 4 nitrogen and oxygen atoms in total. The van der Waals surface area contributed by atoms with Gasteiger partial charge in [0.15, 0.2) is 0 Å². The molecular formula is C17H22N2O2. The zero-order chi connectivity index (χ0) is 15.4. The van der Waals surface area contributed by atoms with Crippen molar-refractivity contribution in [1.29, 1.82) is 0 Å². The molecule has 4 heteroatoms. The van der Waals surface area contributed by atoms with Gasteiger partial charge in [-0.3, -0.25) is 4.98 Å². The summed E-state index contributed by atoms with van der Waals surface area (Å²) in [5.74, 6) is 1.67. The number of rotatable bonds is 5. The molecule has 0 unspecified atom stereocenters. The number of hydrogen-bond donors (Lipinski definition) is 1. The summed E-state index contributed by atoms with van der Waals surface area (Å²) in [6.07, 6.45) is 1.81. The van der Waals surface area contributed by atoms with Crippen molar-refractivity contribution >= 4 is 0 Å². The number of nitrogens with two attached hydrogens (primary N) is 1. The molecule has 0 fully saturated rings. The number of methoxy groups -OCH3 is 1. The van der Waals surface area contributed by atoms with Gasteiger partial charge in [-0.1, -0.05) is 12.1 Å². The van der Waals surface area contributed by atoms with Gasteiger partial charge in [0.25, 0.3) is 0 Å². The van der Waals surface area contributed by atoms with Gasteiger partial charge in [0.05, 0.1) is 12.8 Å². The molecule has 0 aliphatic carbocycles. The van der Waals surface area contributed by atoms with Crippen LogP contribution < -0.4 is 15.2 Å². The van der Waals surface area contributed by atoms with Crippen molar-refractivity contribution in [2.24, 2.45) is 5.73 Å². The summed E-state index contributed by atoms with van der Waals surface area (Å²) in [4.78, 5) is 4.43. The summed E-state index contributed by atoms with van der Waals surface area (Å²) in [7, 11) is 1.67. The van der Waals surface area contributed by atoms with Crippen LogP contribution in [0, 0.1) is 13.8 Å². The van der Waals surface area contributed by atoms with Crippen molar-refractivity contribution < 1.29 is 9.47 Å². The first kappa shape index (κ1) is 15.3. The molecule has 0 radical (unpaired) electrons. The SMILES string of the molecule is COc1c(C)cnc(COc2cccc([C@H](C)N)c2)c1C. The second-order valence-electron chi connectivity index (χ2n) is 5.20. The molecule has 112 valence electrons. The molecule has 0 amide bonds. The molecule has 2 aromatic rings. The fourth-order valence-corrected chi connectivity index (χ4v) is 2.26. The Morgan fingerprint density at radius 3 is 2.71 bits per heavy atom. The largest absolute Gasteiger partial charge is 0.496 e. The topological polar surface area (TPSA) is 57.4 Å². The minimum Gasteiger partial charge on any atom is -0.496 e. The Morgan fingerprint density at radius 1 is 1.29 bits per heavy atom. The molecule has 1 heterocycles. The van der Waals surface area contributed by atoms with Crippen molar-refractivity contribution in [2.75, 3.05) is 7.11 Å². The van der Waals surface area contributed by atoms with Crippen LogP contribution in [0.5, 0.6) is 11.5 Å². The van der Waals surface area contributed by atoms with Gasteiger partial charge in [-0.05, 0) is 38.5 Å². The Labute approximate surface area is 125 Å². The first-order valence-electron chi connectivity index (χ1n) is 7.00. The van der Waals surface area contributed by atoms with Gasteiger partial charge < -0.3 is 15.2 Å². The number of benzene rings is 1. The molecule has 0 spiro atoms. The van der Waals surface area contributed by atoms with E-state index in [1.165, 1.54) is 0 Å². The van der Waals surface area contributed by atoms with Crippen LogP contribution in [0.3, 0.4) is 0 Å². The van der Waals surface area contributed by atoms with E-state index < -0.39 is 0 Å². The molecule has 2 N–H and O–H groups in total. The van der Waals surface area contributed by atoms with Crippen LogP contribution in [0.2, 0.25) is 0 Å². The molecule has 21 heavy (non-hydrogen) atoms. The van der Waals surface area contributed by atoms with E-state index in [0.29, 0.717) is 6.61 Å². The summed E-state index contributed by atoms with van der Waals surface area (Å²) < 4.78 is 11.2. The lowest BCUT2D eigenvalue weighted by molar-refractivity contribution is 0.298. The zero-order valence-corrected chi connectivity index (χ0v) is 13.0. The number of nitrogens with zero attached hydrogens (tertiary/aromatic N) is 1. The van der Waals surface area contributed by atoms with E-state index >= 15 is 0 Å². The normalized spacial score (nSPS) is 12.0. The van der Waals surface area contributed by atoms with Gasteiger partial charge in [0, 0.05) is 23.4 Å². The van der Waals surface area contributed by atoms with E-state index in [2.05, 4.69) is 4.98 Å². The first-order chi connectivity index (χ1) is 10.0. The van der Waals surface area contributed by atoms with Crippen LogP contribution in [0.15, 0.2) is 30.5 Å². The minimum atomic E-state index is -0.00659. The summed E-state index contributed by atoms with van der Waals surface area (Å²) in [5, 5.41) is 0. The molecule has 1 aromatic heterocycles. The summed E-state index contributed by atoms with van der Waals surface area (Å²) in [6, 6.07) is 7.82. The lowest BCUT2D eigenvalue weighted by atomic mass is 10.1. The van der Waals surface area contributed by atoms with Crippen molar-refractivity contribution in [3.8, 4) is 11.5 Å². The maximum atomic E-state index is 5.88. The maximum Gasteiger partial charge on any atom is 0.131 e. The van der Waals surface area contributed by atoms with E-state index in [-0.39, 0.29) is 6.04 Å². The van der Waals surface area contributed by atoms with Crippen LogP contribution in [0.4, 0.5) is 0 Å². The monoisotopic (exact) mass is 286 g/mol. The van der Waals surface area contributed by atoms with E-state index in [1.54, 1.807) is 7.11 Å². The number of aromatic nitrogens is 1. The van der Waals surface area contributed by atoms with Crippen LogP contribution in [0.25, 0.3) is 0 Å². The summed E-state index contributed by atoms with van der Waals surface area (Å²) >= 11 is 0.